The molecule has 1 saturated heterocycles. The minimum absolute atomic E-state index is 0.0899. The number of anilines is 1. The molecule has 1 aliphatic rings. The smallest absolute Gasteiger partial charge is 0.328 e. The van der Waals surface area contributed by atoms with Gasteiger partial charge in [-0.05, 0) is 5.56 Å². The first-order valence-corrected chi connectivity index (χ1v) is 11.2. The Labute approximate surface area is 171 Å². The molecule has 1 fully saturated rings. The first-order chi connectivity index (χ1) is 14.4. The third-order valence-corrected chi connectivity index (χ3v) is 5.95. The van der Waals surface area contributed by atoms with Gasteiger partial charge in [0.15, 0.2) is 23.9 Å². The number of nitrogens with zero attached hydrogens (tertiary/aromatic N) is 4. The molecule has 5 atom stereocenters. The zero-order valence-corrected chi connectivity index (χ0v) is 16.9. The van der Waals surface area contributed by atoms with Crippen molar-refractivity contribution in [3.05, 3.63) is 48.5 Å². The molecule has 0 aliphatic carbocycles. The zero-order valence-electron chi connectivity index (χ0n) is 16.0. The molecule has 4 rings (SSSR count). The van der Waals surface area contributed by atoms with Gasteiger partial charge in [0.05, 0.1) is 19.5 Å². The first-order valence-electron chi connectivity index (χ1n) is 9.17. The Balaban J connectivity index is 1.40. The predicted octanol–water partition coefficient (Wildman–Crippen LogP) is 2.06. The van der Waals surface area contributed by atoms with Crippen LogP contribution in [0.2, 0.25) is 0 Å². The second kappa shape index (κ2) is 8.37. The number of alkyl halides is 1. The van der Waals surface area contributed by atoms with Crippen molar-refractivity contribution in [2.45, 2.75) is 31.2 Å². The van der Waals surface area contributed by atoms with Crippen molar-refractivity contribution >= 4 is 24.6 Å². The van der Waals surface area contributed by atoms with E-state index in [0.29, 0.717) is 11.2 Å². The molecule has 1 aromatic carbocycles. The summed E-state index contributed by atoms with van der Waals surface area (Å²) in [6.45, 7) is 1.03. The van der Waals surface area contributed by atoms with E-state index in [1.165, 1.54) is 23.9 Å². The Hall–Kier alpha value is -2.43. The van der Waals surface area contributed by atoms with Gasteiger partial charge in [0.2, 0.25) is 0 Å². The van der Waals surface area contributed by atoms with Crippen LogP contribution in [0.25, 0.3) is 11.2 Å². The number of aliphatic hydroxyl groups is 1. The van der Waals surface area contributed by atoms with Gasteiger partial charge < -0.3 is 24.6 Å². The average Bonchev–Trinajstić information content (AvgIpc) is 3.29. The van der Waals surface area contributed by atoms with Crippen molar-refractivity contribution in [1.82, 2.24) is 19.5 Å². The molecule has 0 bridgehead atoms. The van der Waals surface area contributed by atoms with Crippen LogP contribution in [0, 0.1) is 0 Å². The van der Waals surface area contributed by atoms with E-state index in [1.54, 1.807) is 0 Å². The lowest BCUT2D eigenvalue weighted by atomic mass is 10.1. The van der Waals surface area contributed by atoms with Crippen molar-refractivity contribution in [3.8, 4) is 0 Å². The van der Waals surface area contributed by atoms with Gasteiger partial charge in [-0.15, -0.1) is 0 Å². The molecule has 0 spiro atoms. The molecule has 0 amide bonds. The van der Waals surface area contributed by atoms with Crippen LogP contribution in [-0.4, -0.2) is 56.3 Å². The molecule has 3 N–H and O–H groups in total. The first kappa shape index (κ1) is 20.8. The summed E-state index contributed by atoms with van der Waals surface area (Å²) >= 11 is 0. The topological polar surface area (TPSA) is 135 Å². The molecule has 2 aromatic heterocycles. The summed E-state index contributed by atoms with van der Waals surface area (Å²) in [5.74, 6) is 0.158. The molecule has 160 valence electrons. The van der Waals surface area contributed by atoms with Crippen LogP contribution in [0.4, 0.5) is 10.2 Å². The maximum atomic E-state index is 14.7. The minimum atomic E-state index is -3.47. The maximum Gasteiger partial charge on any atom is 0.328 e. The van der Waals surface area contributed by atoms with E-state index in [9.17, 15) is 14.1 Å². The Bertz CT molecular complexity index is 1070. The molecule has 30 heavy (non-hydrogen) atoms. The van der Waals surface area contributed by atoms with E-state index in [-0.39, 0.29) is 19.0 Å². The number of fused-ring (bicyclic) bond motifs is 1. The van der Waals surface area contributed by atoms with Crippen LogP contribution >= 0.6 is 7.60 Å². The van der Waals surface area contributed by atoms with E-state index in [0.717, 1.165) is 5.56 Å². The largest absolute Gasteiger partial charge is 0.385 e. The second-order valence-electron chi connectivity index (χ2n) is 6.91. The van der Waals surface area contributed by atoms with Crippen LogP contribution < -0.4 is 5.73 Å². The van der Waals surface area contributed by atoms with Gasteiger partial charge in [-0.1, -0.05) is 30.3 Å². The number of halogens is 1. The van der Waals surface area contributed by atoms with E-state index >= 15 is 0 Å². The van der Waals surface area contributed by atoms with Gasteiger partial charge in [0, 0.05) is 6.66 Å². The number of benzene rings is 1. The maximum absolute atomic E-state index is 14.7. The number of ether oxygens (including phenoxy) is 1. The van der Waals surface area contributed by atoms with Crippen LogP contribution in [0.5, 0.6) is 0 Å². The quantitative estimate of drug-likeness (QED) is 0.533. The average molecular weight is 437 g/mol. The normalized spacial score (nSPS) is 26.1. The Morgan fingerprint density at radius 2 is 2.03 bits per heavy atom. The van der Waals surface area contributed by atoms with Gasteiger partial charge in [-0.3, -0.25) is 9.13 Å². The highest BCUT2D eigenvalue weighted by molar-refractivity contribution is 7.52. The lowest BCUT2D eigenvalue weighted by molar-refractivity contribution is -0.0477. The van der Waals surface area contributed by atoms with E-state index in [2.05, 4.69) is 15.0 Å². The molecule has 1 aliphatic heterocycles. The number of nitrogen functional groups attached to an aromatic ring is 1. The highest BCUT2D eigenvalue weighted by Crippen LogP contribution is 2.46. The second-order valence-corrected chi connectivity index (χ2v) is 8.97. The third kappa shape index (κ3) is 4.21. The van der Waals surface area contributed by atoms with Crippen molar-refractivity contribution in [1.29, 1.82) is 0 Å². The number of hydrogen-bond donors (Lipinski definition) is 2. The van der Waals surface area contributed by atoms with E-state index < -0.39 is 32.2 Å². The number of aliphatic hydroxyl groups excluding tert-OH is 1. The molecular formula is C18H21FN5O5P. The van der Waals surface area contributed by atoms with Crippen LogP contribution in [0.15, 0.2) is 43.0 Å². The van der Waals surface area contributed by atoms with Crippen molar-refractivity contribution in [2.75, 3.05) is 19.0 Å². The standard InChI is InChI=1S/C18H21FN5O5P/c1-30(26,27-7-11-5-3-2-4-6-11)28-8-12-13(19)15(25)18(29-12)24-10-23-14-16(20)21-9-22-17(14)24/h2-6,9-10,12-13,15,18,25H,7-8H2,1H3,(H2,20,21,22)/t12-,13?,15+,18-,30?/m1/s1. The fraction of sp³-hybridized carbons (Fsp3) is 0.389. The lowest BCUT2D eigenvalue weighted by Crippen LogP contribution is -2.30. The summed E-state index contributed by atoms with van der Waals surface area (Å²) in [7, 11) is -3.47. The molecule has 3 aromatic rings. The van der Waals surface area contributed by atoms with Gasteiger partial charge in [0.25, 0.3) is 0 Å². The molecular weight excluding hydrogens is 416 g/mol. The molecule has 0 saturated carbocycles. The lowest BCUT2D eigenvalue weighted by Gasteiger charge is -2.18. The van der Waals surface area contributed by atoms with Gasteiger partial charge in [-0.2, -0.15) is 0 Å². The fourth-order valence-electron chi connectivity index (χ4n) is 3.14. The number of rotatable bonds is 7. The number of hydrogen-bond acceptors (Lipinski definition) is 9. The van der Waals surface area contributed by atoms with Gasteiger partial charge >= 0.3 is 7.60 Å². The van der Waals surface area contributed by atoms with Crippen molar-refractivity contribution in [3.63, 3.8) is 0 Å². The van der Waals surface area contributed by atoms with Crippen LogP contribution in [-0.2, 0) is 25.0 Å². The summed E-state index contributed by atoms with van der Waals surface area (Å²) in [4.78, 5) is 12.0. The Morgan fingerprint density at radius 1 is 1.27 bits per heavy atom. The highest BCUT2D eigenvalue weighted by Gasteiger charge is 2.46. The third-order valence-electron chi connectivity index (χ3n) is 4.73. The van der Waals surface area contributed by atoms with Crippen molar-refractivity contribution in [2.24, 2.45) is 0 Å². The number of imidazole rings is 1. The molecule has 3 heterocycles. The van der Waals surface area contributed by atoms with Crippen LogP contribution in [0.3, 0.4) is 0 Å². The molecule has 12 heteroatoms. The SMILES string of the molecule is CP(=O)(OCc1ccccc1)OC[C@H]1O[C@@H](n2cnc3c(N)ncnc32)[C@@H](O)C1F. The number of aromatic nitrogens is 4. The van der Waals surface area contributed by atoms with Gasteiger partial charge in [0.1, 0.15) is 24.1 Å². The summed E-state index contributed by atoms with van der Waals surface area (Å²) in [5, 5.41) is 10.3. The summed E-state index contributed by atoms with van der Waals surface area (Å²) < 4.78 is 44.9. The fourth-order valence-corrected chi connectivity index (χ4v) is 4.02. The van der Waals surface area contributed by atoms with Gasteiger partial charge in [-0.25, -0.2) is 19.3 Å². The summed E-state index contributed by atoms with van der Waals surface area (Å²) in [6, 6.07) is 9.17. The van der Waals surface area contributed by atoms with Crippen LogP contribution in [0.1, 0.15) is 11.8 Å². The Morgan fingerprint density at radius 3 is 2.80 bits per heavy atom. The summed E-state index contributed by atoms with van der Waals surface area (Å²) in [5.41, 5.74) is 7.19. The van der Waals surface area contributed by atoms with E-state index in [4.69, 9.17) is 19.5 Å². The predicted molar refractivity (Wildman–Crippen MR) is 105 cm³/mol. The van der Waals surface area contributed by atoms with Crippen molar-refractivity contribution < 1.29 is 27.8 Å². The van der Waals surface area contributed by atoms with E-state index in [1.807, 2.05) is 30.3 Å². The summed E-state index contributed by atoms with van der Waals surface area (Å²) in [6.07, 6.45) is -2.96. The molecule has 0 radical (unpaired) electrons. The minimum Gasteiger partial charge on any atom is -0.385 e. The highest BCUT2D eigenvalue weighted by atomic mass is 31.2. The molecule has 10 nitrogen and oxygen atoms in total. The number of nitrogens with two attached hydrogens (primary N) is 1. The molecule has 2 unspecified atom stereocenters. The Kier molecular flexibility index (Phi) is 5.81. The monoisotopic (exact) mass is 437 g/mol. The zero-order chi connectivity index (χ0) is 21.3.